The predicted molar refractivity (Wildman–Crippen MR) is 94.1 cm³/mol. The van der Waals surface area contributed by atoms with Crippen LogP contribution in [0, 0.1) is 24.2 Å². The van der Waals surface area contributed by atoms with Crippen molar-refractivity contribution in [2.24, 2.45) is 11.8 Å². The van der Waals surface area contributed by atoms with Crippen molar-refractivity contribution in [1.82, 2.24) is 9.55 Å². The van der Waals surface area contributed by atoms with E-state index < -0.39 is 29.7 Å². The summed E-state index contributed by atoms with van der Waals surface area (Å²) in [6.07, 6.45) is 7.75. The summed E-state index contributed by atoms with van der Waals surface area (Å²) in [6.45, 7) is -0.0749. The zero-order chi connectivity index (χ0) is 19.8. The smallest absolute Gasteiger partial charge is 0.330 e. The molecule has 3 atom stereocenters. The van der Waals surface area contributed by atoms with Gasteiger partial charge in [0.25, 0.3) is 5.56 Å². The fraction of sp³-hybridized carbons (Fsp3) is 0.579. The molecule has 1 aromatic rings. The van der Waals surface area contributed by atoms with Crippen molar-refractivity contribution >= 4 is 11.9 Å². The van der Waals surface area contributed by atoms with Crippen molar-refractivity contribution in [3.63, 3.8) is 0 Å². The molecule has 148 valence electrons. The average molecular weight is 388 g/mol. The second-order valence-corrected chi connectivity index (χ2v) is 7.37. The first-order valence-corrected chi connectivity index (χ1v) is 9.31. The summed E-state index contributed by atoms with van der Waals surface area (Å²) in [4.78, 5) is 49.9. The second-order valence-electron chi connectivity index (χ2n) is 7.37. The molecule has 0 bridgehead atoms. The minimum absolute atomic E-state index is 0.0154. The highest BCUT2D eigenvalue weighted by Gasteiger charge is 2.43. The second kappa shape index (κ2) is 7.28. The third-order valence-electron chi connectivity index (χ3n) is 5.09. The summed E-state index contributed by atoms with van der Waals surface area (Å²) in [5, 5.41) is 0. The van der Waals surface area contributed by atoms with Crippen LogP contribution < -0.4 is 11.2 Å². The number of hydrogen-bond acceptors (Lipinski definition) is 7. The number of carbonyl (C=O) groups excluding carboxylic acids is 2. The lowest BCUT2D eigenvalue weighted by Gasteiger charge is -2.18. The van der Waals surface area contributed by atoms with E-state index in [1.807, 2.05) is 0 Å². The number of esters is 2. The molecular weight excluding hydrogens is 368 g/mol. The van der Waals surface area contributed by atoms with Gasteiger partial charge in [0.05, 0.1) is 11.8 Å². The Hall–Kier alpha value is -2.86. The Morgan fingerprint density at radius 2 is 1.89 bits per heavy atom. The van der Waals surface area contributed by atoms with Crippen molar-refractivity contribution < 1.29 is 23.8 Å². The number of aromatic amines is 1. The Bertz CT molecular complexity index is 948. The van der Waals surface area contributed by atoms with E-state index in [0.29, 0.717) is 0 Å². The zero-order valence-electron chi connectivity index (χ0n) is 15.1. The van der Waals surface area contributed by atoms with Gasteiger partial charge < -0.3 is 14.2 Å². The standard InChI is InChI=1S/C19H20N2O7/c1-2-10-8-21(19(25)20-16(10)22)15-7-13(28-18(24)12-5-6-12)14(27-15)9-26-17(23)11-3-4-11/h1,8,11-15H,3-7,9H2,(H,20,22,25)/t13-,14+,15+/m0/s1. The highest BCUT2D eigenvalue weighted by molar-refractivity contribution is 5.75. The molecule has 3 fully saturated rings. The van der Waals surface area contributed by atoms with E-state index >= 15 is 0 Å². The zero-order valence-corrected chi connectivity index (χ0v) is 15.1. The van der Waals surface area contributed by atoms with Gasteiger partial charge in [-0.3, -0.25) is 23.9 Å². The molecule has 28 heavy (non-hydrogen) atoms. The number of aromatic nitrogens is 2. The lowest BCUT2D eigenvalue weighted by atomic mass is 10.2. The van der Waals surface area contributed by atoms with Crippen LogP contribution in [0.3, 0.4) is 0 Å². The molecule has 9 nitrogen and oxygen atoms in total. The van der Waals surface area contributed by atoms with E-state index in [0.717, 1.165) is 30.3 Å². The summed E-state index contributed by atoms with van der Waals surface area (Å²) < 4.78 is 17.8. The fourth-order valence-electron chi connectivity index (χ4n) is 3.11. The predicted octanol–water partition coefficient (Wildman–Crippen LogP) is 0.0804. The summed E-state index contributed by atoms with van der Waals surface area (Å²) in [6, 6.07) is 0. The lowest BCUT2D eigenvalue weighted by Crippen LogP contribution is -2.34. The quantitative estimate of drug-likeness (QED) is 0.542. The minimum Gasteiger partial charge on any atom is -0.463 e. The summed E-state index contributed by atoms with van der Waals surface area (Å²) in [5.74, 6) is 1.44. The number of terminal acetylenes is 1. The first-order chi connectivity index (χ1) is 13.5. The van der Waals surface area contributed by atoms with Gasteiger partial charge in [-0.2, -0.15) is 0 Å². The van der Waals surface area contributed by atoms with Crippen molar-refractivity contribution in [1.29, 1.82) is 0 Å². The van der Waals surface area contributed by atoms with Gasteiger partial charge >= 0.3 is 17.6 Å². The number of carbonyl (C=O) groups is 2. The van der Waals surface area contributed by atoms with Crippen LogP contribution in [0.25, 0.3) is 0 Å². The van der Waals surface area contributed by atoms with Gasteiger partial charge in [0, 0.05) is 12.6 Å². The summed E-state index contributed by atoms with van der Waals surface area (Å²) >= 11 is 0. The molecule has 3 aliphatic rings. The number of nitrogens with zero attached hydrogens (tertiary/aromatic N) is 1. The largest absolute Gasteiger partial charge is 0.463 e. The van der Waals surface area contributed by atoms with E-state index in [1.54, 1.807) is 0 Å². The van der Waals surface area contributed by atoms with Gasteiger partial charge in [0.15, 0.2) is 0 Å². The first kappa shape index (κ1) is 18.5. The maximum Gasteiger partial charge on any atom is 0.330 e. The normalized spacial score (nSPS) is 26.5. The Kier molecular flexibility index (Phi) is 4.81. The van der Waals surface area contributed by atoms with E-state index in [2.05, 4.69) is 10.9 Å². The van der Waals surface area contributed by atoms with Gasteiger partial charge in [-0.05, 0) is 25.7 Å². The molecule has 0 unspecified atom stereocenters. The molecule has 0 spiro atoms. The maximum atomic E-state index is 12.2. The third kappa shape index (κ3) is 3.87. The molecule has 2 aliphatic carbocycles. The molecule has 2 saturated carbocycles. The number of rotatable bonds is 6. The van der Waals surface area contributed by atoms with Crippen molar-refractivity contribution in [2.45, 2.75) is 50.5 Å². The topological polar surface area (TPSA) is 117 Å². The molecule has 0 radical (unpaired) electrons. The number of hydrogen-bond donors (Lipinski definition) is 1. The van der Waals surface area contributed by atoms with Crippen LogP contribution in [-0.2, 0) is 23.8 Å². The molecule has 2 heterocycles. The van der Waals surface area contributed by atoms with Crippen LogP contribution in [-0.4, -0.2) is 40.3 Å². The van der Waals surface area contributed by atoms with Gasteiger partial charge in [-0.15, -0.1) is 6.42 Å². The fourth-order valence-corrected chi connectivity index (χ4v) is 3.11. The van der Waals surface area contributed by atoms with Crippen LogP contribution in [0.2, 0.25) is 0 Å². The number of ether oxygens (including phenoxy) is 3. The number of H-pyrrole nitrogens is 1. The maximum absolute atomic E-state index is 12.2. The van der Waals surface area contributed by atoms with Gasteiger partial charge in [-0.1, -0.05) is 5.92 Å². The van der Waals surface area contributed by atoms with Crippen LogP contribution in [0.4, 0.5) is 0 Å². The average Bonchev–Trinajstić information content (AvgIpc) is 3.57. The molecule has 9 heteroatoms. The Labute approximate surface area is 160 Å². The first-order valence-electron chi connectivity index (χ1n) is 9.31. The number of nitrogens with one attached hydrogen (secondary N) is 1. The van der Waals surface area contributed by atoms with Crippen LogP contribution in [0.15, 0.2) is 15.8 Å². The van der Waals surface area contributed by atoms with Crippen LogP contribution in [0.5, 0.6) is 0 Å². The van der Waals surface area contributed by atoms with Gasteiger partial charge in [-0.25, -0.2) is 4.79 Å². The van der Waals surface area contributed by atoms with Gasteiger partial charge in [0.1, 0.15) is 30.6 Å². The van der Waals surface area contributed by atoms with E-state index in [9.17, 15) is 19.2 Å². The van der Waals surface area contributed by atoms with Gasteiger partial charge in [0.2, 0.25) is 0 Å². The lowest BCUT2D eigenvalue weighted by molar-refractivity contribution is -0.159. The monoisotopic (exact) mass is 388 g/mol. The van der Waals surface area contributed by atoms with E-state index in [4.69, 9.17) is 20.6 Å². The summed E-state index contributed by atoms with van der Waals surface area (Å²) in [7, 11) is 0. The molecule has 1 aliphatic heterocycles. The third-order valence-corrected chi connectivity index (χ3v) is 5.09. The molecule has 1 saturated heterocycles. The van der Waals surface area contributed by atoms with E-state index in [-0.39, 0.29) is 42.4 Å². The molecule has 1 N–H and O–H groups in total. The SMILES string of the molecule is C#Cc1cn([C@H]2C[C@H](OC(=O)C3CC3)[C@@H](COC(=O)C3CC3)O2)c(=O)[nH]c1=O. The van der Waals surface area contributed by atoms with Crippen LogP contribution in [0.1, 0.15) is 43.9 Å². The highest BCUT2D eigenvalue weighted by Crippen LogP contribution is 2.35. The molecule has 0 amide bonds. The molecule has 0 aromatic carbocycles. The summed E-state index contributed by atoms with van der Waals surface area (Å²) in [5.41, 5.74) is -1.36. The van der Waals surface area contributed by atoms with E-state index in [1.165, 1.54) is 6.20 Å². The van der Waals surface area contributed by atoms with Crippen molar-refractivity contribution in [3.8, 4) is 12.3 Å². The highest BCUT2D eigenvalue weighted by atomic mass is 16.6. The van der Waals surface area contributed by atoms with Crippen LogP contribution >= 0.6 is 0 Å². The van der Waals surface area contributed by atoms with Crippen molar-refractivity contribution in [3.05, 3.63) is 32.6 Å². The van der Waals surface area contributed by atoms with Crippen molar-refractivity contribution in [2.75, 3.05) is 6.61 Å². The molecular formula is C19H20N2O7. The molecule has 1 aromatic heterocycles. The molecule has 4 rings (SSSR count). The Balaban J connectivity index is 1.51. The Morgan fingerprint density at radius 1 is 1.21 bits per heavy atom. The Morgan fingerprint density at radius 3 is 2.54 bits per heavy atom. The minimum atomic E-state index is -0.807.